The second kappa shape index (κ2) is 6.41. The molecule has 0 spiro atoms. The van der Waals surface area contributed by atoms with E-state index in [1.165, 1.54) is 0 Å². The van der Waals surface area contributed by atoms with Crippen LogP contribution in [0.5, 0.6) is 0 Å². The van der Waals surface area contributed by atoms with Crippen molar-refractivity contribution in [3.63, 3.8) is 0 Å². The van der Waals surface area contributed by atoms with Crippen LogP contribution < -0.4 is 5.32 Å². The Morgan fingerprint density at radius 2 is 2.00 bits per heavy atom. The number of likely N-dealkylation sites (tertiary alicyclic amines) is 1. The molecule has 0 unspecified atom stereocenters. The Morgan fingerprint density at radius 1 is 1.23 bits per heavy atom. The predicted octanol–water partition coefficient (Wildman–Crippen LogP) is 3.34. The Kier molecular flexibility index (Phi) is 4.52. The molecule has 1 N–H and O–H groups in total. The SMILES string of the molecule is Cc1ccc(Br)cc1NC(=O)[C@H]1CCCN(C(=O)C2CC2)C1. The fourth-order valence-corrected chi connectivity index (χ4v) is 3.30. The molecular formula is C17H21BrN2O2. The lowest BCUT2D eigenvalue weighted by molar-refractivity contribution is -0.135. The Bertz CT molecular complexity index is 598. The number of carbonyl (C=O) groups is 2. The molecule has 1 heterocycles. The number of benzene rings is 1. The van der Waals surface area contributed by atoms with Gasteiger partial charge in [0.25, 0.3) is 0 Å². The molecule has 1 aromatic carbocycles. The summed E-state index contributed by atoms with van der Waals surface area (Å²) in [5, 5.41) is 3.02. The second-order valence-corrected chi connectivity index (χ2v) is 7.26. The van der Waals surface area contributed by atoms with Crippen molar-refractivity contribution in [3.05, 3.63) is 28.2 Å². The van der Waals surface area contributed by atoms with Crippen molar-refractivity contribution in [2.75, 3.05) is 18.4 Å². The van der Waals surface area contributed by atoms with Gasteiger partial charge in [-0.15, -0.1) is 0 Å². The van der Waals surface area contributed by atoms with E-state index in [4.69, 9.17) is 0 Å². The third-order valence-electron chi connectivity index (χ3n) is 4.49. The molecule has 1 aliphatic carbocycles. The van der Waals surface area contributed by atoms with Gasteiger partial charge in [0.15, 0.2) is 0 Å². The normalized spacial score (nSPS) is 21.5. The van der Waals surface area contributed by atoms with Gasteiger partial charge in [-0.2, -0.15) is 0 Å². The molecule has 1 saturated heterocycles. The standard InChI is InChI=1S/C17H21BrN2O2/c1-11-4-7-14(18)9-15(11)19-16(21)13-3-2-8-20(10-13)17(22)12-5-6-12/h4,7,9,12-13H,2-3,5-6,8,10H2,1H3,(H,19,21)/t13-/m0/s1. The van der Waals surface area contributed by atoms with Gasteiger partial charge in [0.05, 0.1) is 5.92 Å². The van der Waals surface area contributed by atoms with Crippen LogP contribution in [0.25, 0.3) is 0 Å². The first-order valence-corrected chi connectivity index (χ1v) is 8.69. The summed E-state index contributed by atoms with van der Waals surface area (Å²) in [6.07, 6.45) is 3.80. The Labute approximate surface area is 139 Å². The van der Waals surface area contributed by atoms with Gasteiger partial charge in [-0.3, -0.25) is 9.59 Å². The van der Waals surface area contributed by atoms with Crippen molar-refractivity contribution in [3.8, 4) is 0 Å². The lowest BCUT2D eigenvalue weighted by Gasteiger charge is -2.32. The van der Waals surface area contributed by atoms with Gasteiger partial charge in [0.2, 0.25) is 11.8 Å². The van der Waals surface area contributed by atoms with Crippen LogP contribution in [-0.4, -0.2) is 29.8 Å². The number of amides is 2. The first kappa shape index (κ1) is 15.5. The molecule has 22 heavy (non-hydrogen) atoms. The quantitative estimate of drug-likeness (QED) is 0.893. The molecule has 118 valence electrons. The van der Waals surface area contributed by atoms with Crippen molar-refractivity contribution in [1.82, 2.24) is 4.90 Å². The number of nitrogens with zero attached hydrogens (tertiary/aromatic N) is 1. The smallest absolute Gasteiger partial charge is 0.229 e. The number of aryl methyl sites for hydroxylation is 1. The van der Waals surface area contributed by atoms with E-state index in [0.29, 0.717) is 6.54 Å². The number of piperidine rings is 1. The van der Waals surface area contributed by atoms with Crippen LogP contribution in [0.3, 0.4) is 0 Å². The summed E-state index contributed by atoms with van der Waals surface area (Å²) in [7, 11) is 0. The highest BCUT2D eigenvalue weighted by molar-refractivity contribution is 9.10. The van der Waals surface area contributed by atoms with Gasteiger partial charge in [-0.05, 0) is 50.3 Å². The van der Waals surface area contributed by atoms with Crippen LogP contribution in [0.15, 0.2) is 22.7 Å². The van der Waals surface area contributed by atoms with Crippen LogP contribution >= 0.6 is 15.9 Å². The van der Waals surface area contributed by atoms with Crippen molar-refractivity contribution in [2.24, 2.45) is 11.8 Å². The minimum atomic E-state index is -0.102. The molecule has 1 atom stereocenters. The van der Waals surface area contributed by atoms with Crippen LogP contribution in [0.4, 0.5) is 5.69 Å². The fourth-order valence-electron chi connectivity index (χ4n) is 2.94. The number of hydrogen-bond acceptors (Lipinski definition) is 2. The monoisotopic (exact) mass is 364 g/mol. The van der Waals surface area contributed by atoms with Gasteiger partial charge in [0, 0.05) is 29.2 Å². The maximum atomic E-state index is 12.5. The first-order chi connectivity index (χ1) is 10.5. The maximum absolute atomic E-state index is 12.5. The molecule has 2 fully saturated rings. The molecule has 0 bridgehead atoms. The number of rotatable bonds is 3. The highest BCUT2D eigenvalue weighted by atomic mass is 79.9. The average Bonchev–Trinajstić information content (AvgIpc) is 3.35. The van der Waals surface area contributed by atoms with Crippen LogP contribution in [0, 0.1) is 18.8 Å². The van der Waals surface area contributed by atoms with Gasteiger partial charge in [0.1, 0.15) is 0 Å². The Balaban J connectivity index is 1.64. The van der Waals surface area contributed by atoms with E-state index in [1.807, 2.05) is 30.0 Å². The summed E-state index contributed by atoms with van der Waals surface area (Å²) < 4.78 is 0.947. The van der Waals surface area contributed by atoms with E-state index in [2.05, 4.69) is 21.2 Å². The number of carbonyl (C=O) groups excluding carboxylic acids is 2. The number of nitrogens with one attached hydrogen (secondary N) is 1. The minimum absolute atomic E-state index is 0.0227. The van der Waals surface area contributed by atoms with E-state index < -0.39 is 0 Å². The average molecular weight is 365 g/mol. The first-order valence-electron chi connectivity index (χ1n) is 7.90. The summed E-state index contributed by atoms with van der Waals surface area (Å²) in [5.41, 5.74) is 1.88. The molecule has 1 saturated carbocycles. The highest BCUT2D eigenvalue weighted by Crippen LogP contribution is 2.32. The molecule has 0 radical (unpaired) electrons. The lowest BCUT2D eigenvalue weighted by atomic mass is 9.96. The zero-order valence-corrected chi connectivity index (χ0v) is 14.4. The van der Waals surface area contributed by atoms with E-state index >= 15 is 0 Å². The topological polar surface area (TPSA) is 49.4 Å². The van der Waals surface area contributed by atoms with Crippen molar-refractivity contribution < 1.29 is 9.59 Å². The fraction of sp³-hybridized carbons (Fsp3) is 0.529. The predicted molar refractivity (Wildman–Crippen MR) is 89.5 cm³/mol. The summed E-state index contributed by atoms with van der Waals surface area (Å²) in [6, 6.07) is 5.86. The van der Waals surface area contributed by atoms with Gasteiger partial charge >= 0.3 is 0 Å². The van der Waals surface area contributed by atoms with E-state index in [1.54, 1.807) is 0 Å². The third kappa shape index (κ3) is 3.51. The highest BCUT2D eigenvalue weighted by Gasteiger charge is 2.36. The van der Waals surface area contributed by atoms with Crippen LogP contribution in [-0.2, 0) is 9.59 Å². The largest absolute Gasteiger partial charge is 0.342 e. The molecule has 0 aromatic heterocycles. The zero-order valence-electron chi connectivity index (χ0n) is 12.8. The molecule has 3 rings (SSSR count). The molecule has 5 heteroatoms. The summed E-state index contributed by atoms with van der Waals surface area (Å²) >= 11 is 3.43. The van der Waals surface area contributed by atoms with Crippen LogP contribution in [0.1, 0.15) is 31.2 Å². The summed E-state index contributed by atoms with van der Waals surface area (Å²) in [4.78, 5) is 26.6. The second-order valence-electron chi connectivity index (χ2n) is 6.35. The van der Waals surface area contributed by atoms with E-state index in [9.17, 15) is 9.59 Å². The zero-order chi connectivity index (χ0) is 15.7. The van der Waals surface area contributed by atoms with Crippen LogP contribution in [0.2, 0.25) is 0 Å². The van der Waals surface area contributed by atoms with E-state index in [-0.39, 0.29) is 23.7 Å². The number of halogens is 1. The number of hydrogen-bond donors (Lipinski definition) is 1. The minimum Gasteiger partial charge on any atom is -0.342 e. The molecular weight excluding hydrogens is 344 g/mol. The molecule has 1 aliphatic heterocycles. The molecule has 2 aliphatic rings. The maximum Gasteiger partial charge on any atom is 0.229 e. The number of anilines is 1. The van der Waals surface area contributed by atoms with Gasteiger partial charge < -0.3 is 10.2 Å². The van der Waals surface area contributed by atoms with Crippen molar-refractivity contribution in [1.29, 1.82) is 0 Å². The Hall–Kier alpha value is -1.36. The lowest BCUT2D eigenvalue weighted by Crippen LogP contribution is -2.44. The van der Waals surface area contributed by atoms with Gasteiger partial charge in [-0.1, -0.05) is 22.0 Å². The molecule has 1 aromatic rings. The van der Waals surface area contributed by atoms with Gasteiger partial charge in [-0.25, -0.2) is 0 Å². The van der Waals surface area contributed by atoms with E-state index in [0.717, 1.165) is 48.0 Å². The molecule has 4 nitrogen and oxygen atoms in total. The van der Waals surface area contributed by atoms with Crippen molar-refractivity contribution in [2.45, 2.75) is 32.6 Å². The summed E-state index contributed by atoms with van der Waals surface area (Å²) in [6.45, 7) is 3.34. The Morgan fingerprint density at radius 3 is 2.73 bits per heavy atom. The van der Waals surface area contributed by atoms with Crippen molar-refractivity contribution >= 4 is 33.4 Å². The summed E-state index contributed by atoms with van der Waals surface area (Å²) in [5.74, 6) is 0.398. The molecule has 2 amide bonds. The third-order valence-corrected chi connectivity index (χ3v) is 4.98.